The van der Waals surface area contributed by atoms with Crippen molar-refractivity contribution in [3.63, 3.8) is 0 Å². The van der Waals surface area contributed by atoms with Crippen LogP contribution >= 0.6 is 35.8 Å². The van der Waals surface area contributed by atoms with E-state index in [4.69, 9.17) is 17.3 Å². The average molecular weight is 434 g/mol. The Morgan fingerprint density at radius 2 is 2.11 bits per heavy atom. The Hall–Kier alpha value is -0.950. The van der Waals surface area contributed by atoms with E-state index in [1.165, 1.54) is 0 Å². The third-order valence-electron chi connectivity index (χ3n) is 4.85. The lowest BCUT2D eigenvalue weighted by molar-refractivity contribution is -0.135. The van der Waals surface area contributed by atoms with Gasteiger partial charge in [0.05, 0.1) is 10.6 Å². The number of likely N-dealkylation sites (tertiary alicyclic amines) is 1. The predicted molar refractivity (Wildman–Crippen MR) is 116 cm³/mol. The summed E-state index contributed by atoms with van der Waals surface area (Å²) in [5.74, 6) is 0.776. The number of nitrogens with two attached hydrogens (primary N) is 1. The number of piperidine rings is 1. The van der Waals surface area contributed by atoms with Gasteiger partial charge in [-0.05, 0) is 56.2 Å². The molecule has 2 rings (SSSR count). The summed E-state index contributed by atoms with van der Waals surface area (Å²) in [5.41, 5.74) is 6.43. The largest absolute Gasteiger partial charge is 0.341 e. The minimum Gasteiger partial charge on any atom is -0.341 e. The average Bonchev–Trinajstić information content (AvgIpc) is 2.64. The Balaban J connectivity index is 0.00000364. The molecule has 0 saturated carbocycles. The fraction of sp³-hybridized carbons (Fsp3) is 0.579. The number of thioether (sulfide) groups is 1. The van der Waals surface area contributed by atoms with Crippen LogP contribution in [0.5, 0.6) is 0 Å². The summed E-state index contributed by atoms with van der Waals surface area (Å²) < 4.78 is 0. The van der Waals surface area contributed by atoms with E-state index in [0.717, 1.165) is 25.1 Å². The van der Waals surface area contributed by atoms with Gasteiger partial charge in [0.2, 0.25) is 5.91 Å². The van der Waals surface area contributed by atoms with E-state index >= 15 is 0 Å². The lowest BCUT2D eigenvalue weighted by Gasteiger charge is -2.36. The van der Waals surface area contributed by atoms with E-state index in [-0.39, 0.29) is 30.3 Å². The van der Waals surface area contributed by atoms with Crippen molar-refractivity contribution < 1.29 is 9.59 Å². The summed E-state index contributed by atoms with van der Waals surface area (Å²) in [6.07, 6.45) is 4.58. The van der Waals surface area contributed by atoms with Crippen LogP contribution in [0.4, 0.5) is 0 Å². The molecule has 3 atom stereocenters. The molecule has 1 aliphatic rings. The zero-order valence-electron chi connectivity index (χ0n) is 15.8. The molecule has 0 aliphatic carbocycles. The Morgan fingerprint density at radius 3 is 2.74 bits per heavy atom. The minimum atomic E-state index is -0.543. The van der Waals surface area contributed by atoms with Gasteiger partial charge in [0.1, 0.15) is 6.04 Å². The first-order chi connectivity index (χ1) is 12.4. The number of nitrogens with zero attached hydrogens (tertiary/aromatic N) is 1. The zero-order valence-corrected chi connectivity index (χ0v) is 18.2. The smallest absolute Gasteiger partial charge is 0.253 e. The second-order valence-electron chi connectivity index (χ2n) is 6.83. The van der Waals surface area contributed by atoms with Crippen LogP contribution in [0.2, 0.25) is 5.02 Å². The molecular weight excluding hydrogens is 405 g/mol. The van der Waals surface area contributed by atoms with Crippen LogP contribution in [-0.2, 0) is 4.79 Å². The molecule has 0 aromatic heterocycles. The van der Waals surface area contributed by atoms with E-state index in [1.807, 2.05) is 18.1 Å². The number of rotatable bonds is 7. The van der Waals surface area contributed by atoms with Gasteiger partial charge in [-0.25, -0.2) is 0 Å². The standard InChI is InChI=1S/C19H28ClN3O2S.ClH/c1-13(21)14-6-5-10-23(12-14)19(25)17(9-11-26-2)22-18(24)15-7-3-4-8-16(15)20;/h3-4,7-8,13-14,17H,5-6,9-12,21H2,1-2H3,(H,22,24);1H. The van der Waals surface area contributed by atoms with Crippen LogP contribution in [-0.4, -0.2) is 53.9 Å². The number of amides is 2. The number of nitrogens with one attached hydrogen (secondary N) is 1. The molecule has 27 heavy (non-hydrogen) atoms. The van der Waals surface area contributed by atoms with E-state index < -0.39 is 6.04 Å². The van der Waals surface area contributed by atoms with Gasteiger partial charge in [-0.2, -0.15) is 11.8 Å². The zero-order chi connectivity index (χ0) is 19.1. The lowest BCUT2D eigenvalue weighted by Crippen LogP contribution is -2.53. The second kappa shape index (κ2) is 11.8. The SMILES string of the molecule is CSCCC(NC(=O)c1ccccc1Cl)C(=O)N1CCCC(C(C)N)C1.Cl. The van der Waals surface area contributed by atoms with Crippen LogP contribution < -0.4 is 11.1 Å². The molecule has 1 fully saturated rings. The van der Waals surface area contributed by atoms with E-state index in [2.05, 4.69) is 5.32 Å². The van der Waals surface area contributed by atoms with Gasteiger partial charge in [-0.15, -0.1) is 12.4 Å². The van der Waals surface area contributed by atoms with Crippen molar-refractivity contribution >= 4 is 47.6 Å². The summed E-state index contributed by atoms with van der Waals surface area (Å²) in [4.78, 5) is 27.5. The summed E-state index contributed by atoms with van der Waals surface area (Å²) in [6.45, 7) is 3.37. The minimum absolute atomic E-state index is 0. The second-order valence-corrected chi connectivity index (χ2v) is 8.23. The maximum Gasteiger partial charge on any atom is 0.253 e. The van der Waals surface area contributed by atoms with E-state index in [9.17, 15) is 9.59 Å². The Labute approximate surface area is 177 Å². The number of benzene rings is 1. The fourth-order valence-corrected chi connectivity index (χ4v) is 3.93. The number of halogens is 2. The molecule has 1 aliphatic heterocycles. The van der Waals surface area contributed by atoms with Crippen molar-refractivity contribution in [2.75, 3.05) is 25.1 Å². The van der Waals surface area contributed by atoms with Gasteiger partial charge >= 0.3 is 0 Å². The van der Waals surface area contributed by atoms with Crippen molar-refractivity contribution in [1.82, 2.24) is 10.2 Å². The Morgan fingerprint density at radius 1 is 1.41 bits per heavy atom. The first-order valence-corrected chi connectivity index (χ1v) is 10.8. The molecule has 1 aromatic carbocycles. The number of hydrogen-bond donors (Lipinski definition) is 2. The molecule has 0 bridgehead atoms. The molecular formula is C19H29Cl2N3O2S. The molecule has 5 nitrogen and oxygen atoms in total. The molecule has 0 radical (unpaired) electrons. The van der Waals surface area contributed by atoms with Crippen LogP contribution in [0, 0.1) is 5.92 Å². The van der Waals surface area contributed by atoms with Crippen molar-refractivity contribution in [3.05, 3.63) is 34.9 Å². The van der Waals surface area contributed by atoms with Crippen LogP contribution in [0.1, 0.15) is 36.5 Å². The van der Waals surface area contributed by atoms with Crippen LogP contribution in [0.15, 0.2) is 24.3 Å². The van der Waals surface area contributed by atoms with Gasteiger partial charge < -0.3 is 16.0 Å². The normalized spacial score (nSPS) is 19.0. The maximum atomic E-state index is 13.1. The van der Waals surface area contributed by atoms with Crippen LogP contribution in [0.25, 0.3) is 0 Å². The van der Waals surface area contributed by atoms with Gasteiger partial charge in [0.15, 0.2) is 0 Å². The number of carbonyl (C=O) groups excluding carboxylic acids is 2. The van der Waals surface area contributed by atoms with Gasteiger partial charge in [0.25, 0.3) is 5.91 Å². The molecule has 3 unspecified atom stereocenters. The highest BCUT2D eigenvalue weighted by molar-refractivity contribution is 7.98. The van der Waals surface area contributed by atoms with Crippen LogP contribution in [0.3, 0.4) is 0 Å². The molecule has 2 amide bonds. The summed E-state index contributed by atoms with van der Waals surface area (Å²) >= 11 is 7.77. The quantitative estimate of drug-likeness (QED) is 0.691. The highest BCUT2D eigenvalue weighted by Gasteiger charge is 2.31. The third kappa shape index (κ3) is 6.86. The first kappa shape index (κ1) is 24.1. The first-order valence-electron chi connectivity index (χ1n) is 9.02. The van der Waals surface area contributed by atoms with E-state index in [1.54, 1.807) is 36.0 Å². The molecule has 8 heteroatoms. The maximum absolute atomic E-state index is 13.1. The Bertz CT molecular complexity index is 631. The van der Waals surface area contributed by atoms with Crippen molar-refractivity contribution in [2.45, 2.75) is 38.3 Å². The highest BCUT2D eigenvalue weighted by atomic mass is 35.5. The molecule has 1 aromatic rings. The number of hydrogen-bond acceptors (Lipinski definition) is 4. The summed E-state index contributed by atoms with van der Waals surface area (Å²) in [6, 6.07) is 6.40. The Kier molecular flexibility index (Phi) is 10.5. The van der Waals surface area contributed by atoms with Crippen molar-refractivity contribution in [1.29, 1.82) is 0 Å². The van der Waals surface area contributed by atoms with Gasteiger partial charge in [-0.3, -0.25) is 9.59 Å². The van der Waals surface area contributed by atoms with Crippen molar-refractivity contribution in [2.24, 2.45) is 11.7 Å². The lowest BCUT2D eigenvalue weighted by atomic mass is 9.91. The van der Waals surface area contributed by atoms with E-state index in [0.29, 0.717) is 29.5 Å². The summed E-state index contributed by atoms with van der Waals surface area (Å²) in [7, 11) is 0. The number of carbonyl (C=O) groups is 2. The molecule has 152 valence electrons. The molecule has 3 N–H and O–H groups in total. The summed E-state index contributed by atoms with van der Waals surface area (Å²) in [5, 5.41) is 3.28. The van der Waals surface area contributed by atoms with Gasteiger partial charge in [-0.1, -0.05) is 23.7 Å². The highest BCUT2D eigenvalue weighted by Crippen LogP contribution is 2.21. The fourth-order valence-electron chi connectivity index (χ4n) is 3.23. The van der Waals surface area contributed by atoms with Gasteiger partial charge in [0, 0.05) is 19.1 Å². The topological polar surface area (TPSA) is 75.4 Å². The third-order valence-corrected chi connectivity index (χ3v) is 5.82. The van der Waals surface area contributed by atoms with Crippen molar-refractivity contribution in [3.8, 4) is 0 Å². The molecule has 0 spiro atoms. The molecule has 1 saturated heterocycles. The molecule has 1 heterocycles. The monoisotopic (exact) mass is 433 g/mol. The predicted octanol–water partition coefficient (Wildman–Crippen LogP) is 3.20.